The number of hydrogen-bond acceptors (Lipinski definition) is 15. The summed E-state index contributed by atoms with van der Waals surface area (Å²) < 4.78 is 39.5. The third-order valence-electron chi connectivity index (χ3n) is 19.3. The SMILES string of the molecule is C[C@]12C=CC(=O)C=C1[C@@H](F)C[C@H]1[C@@H]3C[C@H]4CN(c5ccc(CC67CC(NC(=O)OCc8ccc(NC(=O)[C@H](CCC(=O)O)NC(=O)CNC(=O)CCC(=O)ON9C(=O)CCC9=O)cc8)(C6)C7)cc5)C[C@@]4(C(=O)CO)[C@@]3(C)C[C@H](O)[C@@]12F. The Hall–Kier alpha value is -7.40. The first-order valence-electron chi connectivity index (χ1n) is 27.5. The number of aliphatic hydroxyl groups is 2. The molecule has 0 spiro atoms. The minimum Gasteiger partial charge on any atom is -0.481 e. The number of allylic oxidation sites excluding steroid dienone is 4. The maximum absolute atomic E-state index is 17.9. The Morgan fingerprint density at radius 2 is 1.54 bits per heavy atom. The van der Waals surface area contributed by atoms with Gasteiger partial charge in [-0.2, -0.15) is 0 Å². The van der Waals surface area contributed by atoms with Gasteiger partial charge in [0.25, 0.3) is 11.8 Å². The second-order valence-electron chi connectivity index (χ2n) is 24.1. The van der Waals surface area contributed by atoms with Gasteiger partial charge in [0, 0.05) is 67.0 Å². The van der Waals surface area contributed by atoms with Gasteiger partial charge in [-0.05, 0) is 134 Å². The normalized spacial score (nSPS) is 33.3. The third-order valence-corrected chi connectivity index (χ3v) is 19.3. The van der Waals surface area contributed by atoms with Crippen LogP contribution in [-0.4, -0.2) is 135 Å². The number of hydroxylamine groups is 2. The first-order valence-corrected chi connectivity index (χ1v) is 27.5. The number of Topliss-reactive ketones (excluding diaryl/α,β-unsaturated/α-hetero) is 1. The lowest BCUT2D eigenvalue weighted by atomic mass is 9.38. The van der Waals surface area contributed by atoms with Crippen molar-refractivity contribution in [2.75, 3.05) is 36.5 Å². The van der Waals surface area contributed by atoms with Gasteiger partial charge < -0.3 is 51.1 Å². The number of carbonyl (C=O) groups excluding carboxylic acids is 9. The molecule has 23 heteroatoms. The summed E-state index contributed by atoms with van der Waals surface area (Å²) in [6, 6.07) is 13.1. The van der Waals surface area contributed by atoms with Crippen molar-refractivity contribution >= 4 is 70.5 Å². The quantitative estimate of drug-likeness (QED) is 0.0928. The molecule has 7 aliphatic carbocycles. The lowest BCUT2D eigenvalue weighted by molar-refractivity contribution is -0.210. The van der Waals surface area contributed by atoms with Crippen LogP contribution < -0.4 is 26.2 Å². The number of nitrogens with zero attached hydrogens (tertiary/aromatic N) is 2. The molecule has 81 heavy (non-hydrogen) atoms. The summed E-state index contributed by atoms with van der Waals surface area (Å²) in [6.07, 6.45) is 1.46. The van der Waals surface area contributed by atoms with E-state index in [0.717, 1.165) is 36.9 Å². The number of alkyl carbamates (subject to hydrolysis) is 1. The number of carboxylic acids is 1. The number of ether oxygens (including phenoxy) is 1. The van der Waals surface area contributed by atoms with E-state index >= 15 is 8.78 Å². The number of carboxylic acid groups (broad SMARTS) is 1. The molecule has 8 fully saturated rings. The van der Waals surface area contributed by atoms with Gasteiger partial charge in [0.05, 0.1) is 24.5 Å². The zero-order valence-corrected chi connectivity index (χ0v) is 44.9. The Bertz CT molecular complexity index is 3010. The largest absolute Gasteiger partial charge is 0.481 e. The van der Waals surface area contributed by atoms with Crippen molar-refractivity contribution < 1.29 is 81.6 Å². The Morgan fingerprint density at radius 3 is 2.21 bits per heavy atom. The number of hydrogen-bond donors (Lipinski definition) is 7. The number of alkyl halides is 2. The van der Waals surface area contributed by atoms with Crippen LogP contribution in [0.5, 0.6) is 0 Å². The minimum absolute atomic E-state index is 0.00954. The van der Waals surface area contributed by atoms with Crippen molar-refractivity contribution in [3.8, 4) is 0 Å². The molecule has 2 aliphatic heterocycles. The molecule has 6 amide bonds. The number of amides is 6. The van der Waals surface area contributed by atoms with E-state index in [9.17, 15) is 63.3 Å². The Kier molecular flexibility index (Phi) is 14.9. The third kappa shape index (κ3) is 10.1. The van der Waals surface area contributed by atoms with Gasteiger partial charge in [-0.15, -0.1) is 5.06 Å². The van der Waals surface area contributed by atoms with Gasteiger partial charge in [0.1, 0.15) is 25.4 Å². The molecule has 0 unspecified atom stereocenters. The number of anilines is 2. The number of ketones is 2. The van der Waals surface area contributed by atoms with Gasteiger partial charge in [-0.3, -0.25) is 38.4 Å². The monoisotopic (exact) mass is 1120 g/mol. The molecule has 11 rings (SSSR count). The summed E-state index contributed by atoms with van der Waals surface area (Å²) in [6.45, 7) is 2.79. The van der Waals surface area contributed by atoms with Crippen LogP contribution in [0.15, 0.2) is 72.3 Å². The Labute approximate surface area is 464 Å². The Balaban J connectivity index is 0.665. The maximum atomic E-state index is 17.9. The highest BCUT2D eigenvalue weighted by Crippen LogP contribution is 2.75. The van der Waals surface area contributed by atoms with Crippen molar-refractivity contribution in [2.24, 2.45) is 39.4 Å². The van der Waals surface area contributed by atoms with Gasteiger partial charge in [0.15, 0.2) is 17.2 Å². The van der Waals surface area contributed by atoms with Crippen LogP contribution in [-0.2, 0) is 65.8 Å². The topological polar surface area (TPSA) is 304 Å². The van der Waals surface area contributed by atoms with Crippen molar-refractivity contribution in [3.05, 3.63) is 83.5 Å². The van der Waals surface area contributed by atoms with Gasteiger partial charge in [-0.25, -0.2) is 18.4 Å². The molecular weight excluding hydrogens is 1060 g/mol. The number of fused-ring (bicyclic) bond motifs is 7. The van der Waals surface area contributed by atoms with E-state index in [1.807, 2.05) is 19.1 Å². The molecule has 7 N–H and O–H groups in total. The van der Waals surface area contributed by atoms with Crippen LogP contribution in [0.4, 0.5) is 25.0 Å². The van der Waals surface area contributed by atoms with Crippen molar-refractivity contribution in [1.82, 2.24) is 21.0 Å². The fourth-order valence-electron chi connectivity index (χ4n) is 15.6. The van der Waals surface area contributed by atoms with Crippen LogP contribution in [0.2, 0.25) is 0 Å². The molecule has 432 valence electrons. The number of aliphatic carboxylic acids is 1. The lowest BCUT2D eigenvalue weighted by Gasteiger charge is -2.70. The van der Waals surface area contributed by atoms with E-state index < -0.39 is 138 Å². The average molecular weight is 1130 g/mol. The summed E-state index contributed by atoms with van der Waals surface area (Å²) in [5.41, 5.74) is -3.29. The summed E-state index contributed by atoms with van der Waals surface area (Å²) in [5.74, 6) is -8.33. The standard InChI is InChI=1S/C58H66F2N6O15/c1-53-18-17-37(68)20-40(53)41(59)21-39-38-19-34-25-65(31-57(34,44(70)26-67)54(38,2)23-43(69)58(39,53)60)36-9-5-32(6-10-36)22-55-28-56(29-55,30-55)64-52(79)80-27-33-3-7-35(8-4-33)62-51(78)42(11-15-49(75)76)63-46(72)24-61-45(71)12-16-50(77)81-66-47(73)13-14-48(66)74/h3-10,17-18,20,34,38-39,41-43,67,69H,11-16,19,21-31H2,1-2H3,(H,61,71)(H,62,78)(H,63,72)(H,64,79)(H,75,76)/t34-,38-,39-,41-,42-,43-,53-,54-,55?,56?,57+,58-/m0/s1. The maximum Gasteiger partial charge on any atom is 0.407 e. The van der Waals surface area contributed by atoms with E-state index in [1.54, 1.807) is 19.1 Å². The molecule has 2 bridgehead atoms. The molecule has 10 atom stereocenters. The summed E-state index contributed by atoms with van der Waals surface area (Å²) in [7, 11) is 0. The number of benzene rings is 2. The number of imide groups is 1. The number of halogens is 2. The zero-order valence-electron chi connectivity index (χ0n) is 44.9. The second-order valence-corrected chi connectivity index (χ2v) is 24.1. The van der Waals surface area contributed by atoms with E-state index in [2.05, 4.69) is 38.3 Å². The fourth-order valence-corrected chi connectivity index (χ4v) is 15.6. The number of aliphatic hydroxyl groups excluding tert-OH is 2. The van der Waals surface area contributed by atoms with Crippen LogP contribution in [0.3, 0.4) is 0 Å². The predicted molar refractivity (Wildman–Crippen MR) is 280 cm³/mol. The smallest absolute Gasteiger partial charge is 0.407 e. The van der Waals surface area contributed by atoms with Crippen molar-refractivity contribution in [2.45, 2.75) is 133 Å². The molecule has 0 radical (unpaired) electrons. The molecule has 2 aromatic carbocycles. The van der Waals surface area contributed by atoms with E-state index in [4.69, 9.17) is 9.57 Å². The highest BCUT2D eigenvalue weighted by molar-refractivity contribution is 6.02. The molecular formula is C58H66F2N6O15. The fraction of sp³-hybridized carbons (Fsp3) is 0.552. The van der Waals surface area contributed by atoms with Gasteiger partial charge in [0.2, 0.25) is 17.7 Å². The molecule has 0 aromatic heterocycles. The Morgan fingerprint density at radius 1 is 0.864 bits per heavy atom. The predicted octanol–water partition coefficient (Wildman–Crippen LogP) is 3.78. The summed E-state index contributed by atoms with van der Waals surface area (Å²) in [4.78, 5) is 131. The van der Waals surface area contributed by atoms with Crippen LogP contribution in [0.1, 0.15) is 102 Å². The molecule has 2 heterocycles. The van der Waals surface area contributed by atoms with Gasteiger partial charge in [-0.1, -0.05) is 37.3 Å². The van der Waals surface area contributed by atoms with E-state index in [1.165, 1.54) is 30.4 Å². The molecule has 9 aliphatic rings. The van der Waals surface area contributed by atoms with Crippen molar-refractivity contribution in [3.63, 3.8) is 0 Å². The first kappa shape index (κ1) is 56.9. The van der Waals surface area contributed by atoms with Crippen LogP contribution >= 0.6 is 0 Å². The van der Waals surface area contributed by atoms with Crippen molar-refractivity contribution in [1.29, 1.82) is 0 Å². The van der Waals surface area contributed by atoms with Crippen LogP contribution in [0, 0.1) is 39.4 Å². The van der Waals surface area contributed by atoms with E-state index in [0.29, 0.717) is 29.3 Å². The average Bonchev–Trinajstić information content (AvgIpc) is 4.20. The molecule has 2 saturated heterocycles. The lowest BCUT2D eigenvalue weighted by Crippen LogP contribution is -2.75. The summed E-state index contributed by atoms with van der Waals surface area (Å²) in [5, 5.41) is 42.3. The summed E-state index contributed by atoms with van der Waals surface area (Å²) >= 11 is 0. The van der Waals surface area contributed by atoms with Gasteiger partial charge >= 0.3 is 18.0 Å². The first-order chi connectivity index (χ1) is 38.3. The molecule has 2 aromatic rings. The second kappa shape index (κ2) is 21.2. The molecule has 21 nitrogen and oxygen atoms in total. The van der Waals surface area contributed by atoms with Crippen LogP contribution in [0.25, 0.3) is 0 Å². The highest BCUT2D eigenvalue weighted by atomic mass is 19.1. The highest BCUT2D eigenvalue weighted by Gasteiger charge is 2.78. The minimum atomic E-state index is -2.26. The number of rotatable bonds is 20. The van der Waals surface area contributed by atoms with E-state index in [-0.39, 0.29) is 73.5 Å². The number of nitrogens with one attached hydrogen (secondary N) is 4. The number of carbonyl (C=O) groups is 10. The zero-order chi connectivity index (χ0) is 58.0. The molecule has 6 saturated carbocycles.